The van der Waals surface area contributed by atoms with Gasteiger partial charge < -0.3 is 4.74 Å². The van der Waals surface area contributed by atoms with Gasteiger partial charge >= 0.3 is 5.97 Å². The van der Waals surface area contributed by atoms with Crippen molar-refractivity contribution in [1.82, 2.24) is 9.78 Å². The van der Waals surface area contributed by atoms with E-state index >= 15 is 0 Å². The minimum atomic E-state index is -1.06. The SMILES string of the molecule is C=Cc1c(/C=C\C)nn(CC2COC2)c1C(=O)OF. The van der Waals surface area contributed by atoms with Gasteiger partial charge in [0.25, 0.3) is 0 Å². The fraction of sp³-hybridized carbons (Fsp3) is 0.385. The number of rotatable bonds is 5. The number of allylic oxidation sites excluding steroid dienone is 1. The molecule has 5 nitrogen and oxygen atoms in total. The first-order valence-corrected chi connectivity index (χ1v) is 5.97. The van der Waals surface area contributed by atoms with E-state index in [4.69, 9.17) is 4.74 Å². The molecule has 1 aliphatic heterocycles. The van der Waals surface area contributed by atoms with Crippen LogP contribution in [0.1, 0.15) is 28.7 Å². The molecule has 0 atom stereocenters. The normalized spacial score (nSPS) is 15.5. The Balaban J connectivity index is 2.43. The molecular weight excluding hydrogens is 251 g/mol. The van der Waals surface area contributed by atoms with Crippen LogP contribution in [-0.4, -0.2) is 29.0 Å². The average Bonchev–Trinajstić information content (AvgIpc) is 2.71. The third kappa shape index (κ3) is 2.58. The first kappa shape index (κ1) is 13.5. The van der Waals surface area contributed by atoms with Gasteiger partial charge in [-0.25, -0.2) is 9.74 Å². The van der Waals surface area contributed by atoms with E-state index in [1.165, 1.54) is 10.8 Å². The minimum Gasteiger partial charge on any atom is -0.381 e. The molecule has 2 rings (SSSR count). The van der Waals surface area contributed by atoms with E-state index in [0.29, 0.717) is 31.0 Å². The number of nitrogens with zero attached hydrogens (tertiary/aromatic N) is 2. The topological polar surface area (TPSA) is 53.4 Å². The van der Waals surface area contributed by atoms with Crippen LogP contribution in [0.25, 0.3) is 12.2 Å². The summed E-state index contributed by atoms with van der Waals surface area (Å²) in [5.74, 6) is -0.777. The molecule has 1 aromatic heterocycles. The van der Waals surface area contributed by atoms with Crippen molar-refractivity contribution < 1.29 is 19.0 Å². The lowest BCUT2D eigenvalue weighted by Gasteiger charge is -2.26. The Kier molecular flexibility index (Phi) is 4.11. The number of carbonyl (C=O) groups is 1. The maximum atomic E-state index is 12.2. The van der Waals surface area contributed by atoms with Crippen LogP contribution in [0.2, 0.25) is 0 Å². The van der Waals surface area contributed by atoms with Crippen molar-refractivity contribution in [1.29, 1.82) is 0 Å². The lowest BCUT2D eigenvalue weighted by atomic mass is 10.1. The van der Waals surface area contributed by atoms with Gasteiger partial charge in [0.2, 0.25) is 0 Å². The smallest absolute Gasteiger partial charge is 0.381 e. The van der Waals surface area contributed by atoms with E-state index in [-0.39, 0.29) is 11.6 Å². The summed E-state index contributed by atoms with van der Waals surface area (Å²) in [5.41, 5.74) is 1.12. The maximum absolute atomic E-state index is 12.2. The second kappa shape index (κ2) is 5.79. The second-order valence-corrected chi connectivity index (χ2v) is 4.30. The van der Waals surface area contributed by atoms with Crippen molar-refractivity contribution in [3.63, 3.8) is 0 Å². The summed E-state index contributed by atoms with van der Waals surface area (Å²) in [6.07, 6.45) is 5.00. The lowest BCUT2D eigenvalue weighted by molar-refractivity contribution is -0.0805. The summed E-state index contributed by atoms with van der Waals surface area (Å²) in [5, 5.41) is 4.30. The Hall–Kier alpha value is -1.95. The van der Waals surface area contributed by atoms with E-state index in [9.17, 15) is 9.32 Å². The first-order chi connectivity index (χ1) is 9.21. The zero-order valence-electron chi connectivity index (χ0n) is 10.6. The van der Waals surface area contributed by atoms with Crippen LogP contribution in [0.4, 0.5) is 4.53 Å². The highest BCUT2D eigenvalue weighted by molar-refractivity contribution is 5.93. The molecule has 1 aromatic rings. The van der Waals surface area contributed by atoms with Gasteiger partial charge in [-0.1, -0.05) is 18.7 Å². The number of carbonyl (C=O) groups excluding carboxylic acids is 1. The van der Waals surface area contributed by atoms with Crippen LogP contribution < -0.4 is 0 Å². The second-order valence-electron chi connectivity index (χ2n) is 4.30. The van der Waals surface area contributed by atoms with E-state index < -0.39 is 5.97 Å². The monoisotopic (exact) mass is 266 g/mol. The third-order valence-corrected chi connectivity index (χ3v) is 2.95. The fourth-order valence-corrected chi connectivity index (χ4v) is 1.99. The molecule has 0 spiro atoms. The zero-order chi connectivity index (χ0) is 13.8. The number of ether oxygens (including phenoxy) is 1. The molecular formula is C13H15FN2O3. The maximum Gasteiger partial charge on any atom is 0.398 e. The summed E-state index contributed by atoms with van der Waals surface area (Å²) in [6, 6.07) is 0. The summed E-state index contributed by atoms with van der Waals surface area (Å²) < 4.78 is 18.8. The molecule has 102 valence electrons. The number of halogens is 1. The highest BCUT2D eigenvalue weighted by Gasteiger charge is 2.27. The molecule has 19 heavy (non-hydrogen) atoms. The molecule has 1 saturated heterocycles. The number of hydrogen-bond acceptors (Lipinski definition) is 4. The molecule has 0 saturated carbocycles. The molecule has 0 aromatic carbocycles. The van der Waals surface area contributed by atoms with Gasteiger partial charge in [0.15, 0.2) is 5.69 Å². The van der Waals surface area contributed by atoms with Crippen molar-refractivity contribution in [3.8, 4) is 0 Å². The van der Waals surface area contributed by atoms with Crippen molar-refractivity contribution in [2.75, 3.05) is 13.2 Å². The van der Waals surface area contributed by atoms with Gasteiger partial charge in [-0.05, 0) is 13.0 Å². The molecule has 0 N–H and O–H groups in total. The van der Waals surface area contributed by atoms with Crippen LogP contribution >= 0.6 is 0 Å². The quantitative estimate of drug-likeness (QED) is 0.820. The lowest BCUT2D eigenvalue weighted by Crippen LogP contribution is -2.32. The molecule has 0 unspecified atom stereocenters. The van der Waals surface area contributed by atoms with Crippen LogP contribution in [-0.2, 0) is 16.2 Å². The Labute approximate surface area is 110 Å². The van der Waals surface area contributed by atoms with Gasteiger partial charge in [0.1, 0.15) is 0 Å². The van der Waals surface area contributed by atoms with Gasteiger partial charge in [-0.2, -0.15) is 5.10 Å². The van der Waals surface area contributed by atoms with Crippen molar-refractivity contribution in [2.24, 2.45) is 5.92 Å². The molecule has 0 amide bonds. The van der Waals surface area contributed by atoms with E-state index in [0.717, 1.165) is 0 Å². The van der Waals surface area contributed by atoms with Crippen LogP contribution in [0.15, 0.2) is 12.7 Å². The molecule has 1 fully saturated rings. The minimum absolute atomic E-state index is 0.0810. The molecule has 0 aliphatic carbocycles. The largest absolute Gasteiger partial charge is 0.398 e. The molecule has 0 bridgehead atoms. The zero-order valence-corrected chi connectivity index (χ0v) is 10.6. The van der Waals surface area contributed by atoms with E-state index in [1.807, 2.05) is 6.92 Å². The molecule has 0 radical (unpaired) electrons. The highest BCUT2D eigenvalue weighted by Crippen LogP contribution is 2.22. The predicted octanol–water partition coefficient (Wildman–Crippen LogP) is 2.25. The Morgan fingerprint density at radius 1 is 1.68 bits per heavy atom. The van der Waals surface area contributed by atoms with Crippen molar-refractivity contribution >= 4 is 18.1 Å². The summed E-state index contributed by atoms with van der Waals surface area (Å²) in [4.78, 5) is 14.9. The molecule has 1 aliphatic rings. The number of aromatic nitrogens is 2. The standard InChI is InChI=1S/C13H15FN2O3/c1-3-5-11-10(4-2)12(13(17)19-14)16(15-11)6-9-7-18-8-9/h3-5,9H,2,6-8H2,1H3/b5-3-. The summed E-state index contributed by atoms with van der Waals surface area (Å²) >= 11 is 0. The van der Waals surface area contributed by atoms with Crippen LogP contribution in [0, 0.1) is 5.92 Å². The van der Waals surface area contributed by atoms with Crippen molar-refractivity contribution in [3.05, 3.63) is 29.6 Å². The predicted molar refractivity (Wildman–Crippen MR) is 67.9 cm³/mol. The van der Waals surface area contributed by atoms with Gasteiger partial charge in [-0.15, -0.1) is 0 Å². The molecule has 2 heterocycles. The molecule has 6 heteroatoms. The van der Waals surface area contributed by atoms with Gasteiger partial charge in [0, 0.05) is 22.6 Å². The van der Waals surface area contributed by atoms with Crippen LogP contribution in [0.5, 0.6) is 0 Å². The summed E-state index contributed by atoms with van der Waals surface area (Å²) in [6.45, 7) is 7.19. The Morgan fingerprint density at radius 2 is 2.42 bits per heavy atom. The average molecular weight is 266 g/mol. The third-order valence-electron chi connectivity index (χ3n) is 2.95. The highest BCUT2D eigenvalue weighted by atomic mass is 19.3. The Morgan fingerprint density at radius 3 is 2.89 bits per heavy atom. The number of hydrogen-bond donors (Lipinski definition) is 0. The van der Waals surface area contributed by atoms with Crippen LogP contribution in [0.3, 0.4) is 0 Å². The summed E-state index contributed by atoms with van der Waals surface area (Å²) in [7, 11) is 0. The fourth-order valence-electron chi connectivity index (χ4n) is 1.99. The van der Waals surface area contributed by atoms with Crippen molar-refractivity contribution in [2.45, 2.75) is 13.5 Å². The van der Waals surface area contributed by atoms with E-state index in [2.05, 4.69) is 16.6 Å². The van der Waals surface area contributed by atoms with Gasteiger partial charge in [-0.3, -0.25) is 4.68 Å². The Bertz CT molecular complexity index is 518. The van der Waals surface area contributed by atoms with Gasteiger partial charge in [0.05, 0.1) is 18.9 Å². The first-order valence-electron chi connectivity index (χ1n) is 5.97. The van der Waals surface area contributed by atoms with E-state index in [1.54, 1.807) is 12.2 Å².